The van der Waals surface area contributed by atoms with E-state index >= 15 is 0 Å². The number of hydrogen-bond acceptors (Lipinski definition) is 4. The van der Waals surface area contributed by atoms with E-state index in [1.807, 2.05) is 30.3 Å². The molecule has 0 bridgehead atoms. The molecular weight excluding hydrogens is 266 g/mol. The molecule has 0 radical (unpaired) electrons. The van der Waals surface area contributed by atoms with Crippen molar-refractivity contribution in [2.24, 2.45) is 0 Å². The molecule has 0 aliphatic heterocycles. The Bertz CT molecular complexity index is 549. The monoisotopic (exact) mass is 277 g/mol. The summed E-state index contributed by atoms with van der Waals surface area (Å²) in [6.07, 6.45) is 1.01. The number of hydrogen-bond donors (Lipinski definition) is 1. The number of amides is 1. The number of aromatic nitrogens is 2. The van der Waals surface area contributed by atoms with Crippen LogP contribution >= 0.6 is 11.6 Å². The van der Waals surface area contributed by atoms with Gasteiger partial charge in [0.2, 0.25) is 0 Å². The summed E-state index contributed by atoms with van der Waals surface area (Å²) in [6.45, 7) is 0.400. The number of ether oxygens (including phenoxy) is 1. The zero-order chi connectivity index (χ0) is 13.5. The second-order valence-electron chi connectivity index (χ2n) is 3.71. The first-order valence-electron chi connectivity index (χ1n) is 5.66. The van der Waals surface area contributed by atoms with Gasteiger partial charge < -0.3 is 10.1 Å². The van der Waals surface area contributed by atoms with Crippen LogP contribution in [0.4, 0.5) is 4.79 Å². The van der Waals surface area contributed by atoms with Crippen LogP contribution in [-0.4, -0.2) is 16.1 Å². The molecule has 0 fully saturated rings. The van der Waals surface area contributed by atoms with Crippen LogP contribution in [0.25, 0.3) is 0 Å². The van der Waals surface area contributed by atoms with E-state index in [2.05, 4.69) is 15.3 Å². The molecule has 0 unspecified atom stereocenters. The number of benzene rings is 1. The zero-order valence-corrected chi connectivity index (χ0v) is 10.8. The molecule has 0 saturated carbocycles. The van der Waals surface area contributed by atoms with Crippen molar-refractivity contribution in [3.8, 4) is 0 Å². The Labute approximate surface area is 115 Å². The summed E-state index contributed by atoms with van der Waals surface area (Å²) in [5.41, 5.74) is 0.927. The highest BCUT2D eigenvalue weighted by Crippen LogP contribution is 2.03. The van der Waals surface area contributed by atoms with Gasteiger partial charge in [-0.3, -0.25) is 0 Å². The van der Waals surface area contributed by atoms with E-state index < -0.39 is 6.09 Å². The Hall–Kier alpha value is -2.14. The number of rotatable bonds is 4. The maximum atomic E-state index is 11.5. The molecule has 2 aromatic rings. The summed E-state index contributed by atoms with van der Waals surface area (Å²) < 4.78 is 5.04. The van der Waals surface area contributed by atoms with Crippen molar-refractivity contribution in [1.82, 2.24) is 15.3 Å². The van der Waals surface area contributed by atoms with Crippen molar-refractivity contribution >= 4 is 17.7 Å². The first kappa shape index (κ1) is 13.3. The van der Waals surface area contributed by atoms with Crippen LogP contribution in [-0.2, 0) is 17.9 Å². The molecule has 0 aliphatic carbocycles. The topological polar surface area (TPSA) is 64.1 Å². The number of nitrogens with zero attached hydrogens (tertiary/aromatic N) is 2. The lowest BCUT2D eigenvalue weighted by Gasteiger charge is -2.06. The first-order valence-corrected chi connectivity index (χ1v) is 6.04. The third-order valence-corrected chi connectivity index (χ3v) is 2.49. The fourth-order valence-corrected chi connectivity index (χ4v) is 1.54. The van der Waals surface area contributed by atoms with Gasteiger partial charge in [0.25, 0.3) is 0 Å². The Morgan fingerprint density at radius 3 is 2.79 bits per heavy atom. The summed E-state index contributed by atoms with van der Waals surface area (Å²) in [5, 5.41) is 2.89. The van der Waals surface area contributed by atoms with E-state index in [0.717, 1.165) is 5.56 Å². The van der Waals surface area contributed by atoms with Gasteiger partial charge in [-0.1, -0.05) is 41.9 Å². The molecule has 0 aliphatic rings. The second kappa shape index (κ2) is 6.70. The molecule has 0 spiro atoms. The molecule has 2 rings (SSSR count). The fourth-order valence-electron chi connectivity index (χ4n) is 1.38. The average Bonchev–Trinajstić information content (AvgIpc) is 2.44. The summed E-state index contributed by atoms with van der Waals surface area (Å²) >= 11 is 5.71. The molecule has 5 nitrogen and oxygen atoms in total. The molecular formula is C13H12ClN3O2. The predicted octanol–water partition coefficient (Wildman–Crippen LogP) is 2.56. The normalized spacial score (nSPS) is 9.95. The van der Waals surface area contributed by atoms with E-state index in [9.17, 15) is 4.79 Å². The van der Waals surface area contributed by atoms with E-state index in [-0.39, 0.29) is 13.2 Å². The van der Waals surface area contributed by atoms with Gasteiger partial charge in [-0.15, -0.1) is 0 Å². The molecule has 0 saturated heterocycles. The highest BCUT2D eigenvalue weighted by Gasteiger charge is 2.04. The Morgan fingerprint density at radius 1 is 1.26 bits per heavy atom. The summed E-state index contributed by atoms with van der Waals surface area (Å²) in [7, 11) is 0. The fraction of sp³-hybridized carbons (Fsp3) is 0.154. The summed E-state index contributed by atoms with van der Waals surface area (Å²) in [4.78, 5) is 19.4. The van der Waals surface area contributed by atoms with Gasteiger partial charge in [0.15, 0.2) is 0 Å². The number of carbonyl (C=O) groups excluding carboxylic acids is 1. The summed E-state index contributed by atoms with van der Waals surface area (Å²) in [6, 6.07) is 11.0. The summed E-state index contributed by atoms with van der Waals surface area (Å²) in [5.74, 6) is 0.434. The molecule has 98 valence electrons. The molecule has 1 amide bonds. The zero-order valence-electron chi connectivity index (χ0n) is 10.0. The van der Waals surface area contributed by atoms with Crippen LogP contribution in [0.2, 0.25) is 5.15 Å². The van der Waals surface area contributed by atoms with Crippen LogP contribution < -0.4 is 5.32 Å². The molecule has 0 atom stereocenters. The molecule has 1 aromatic heterocycles. The lowest BCUT2D eigenvalue weighted by atomic mass is 10.2. The molecule has 1 N–H and O–H groups in total. The lowest BCUT2D eigenvalue weighted by molar-refractivity contribution is 0.139. The molecule has 1 heterocycles. The van der Waals surface area contributed by atoms with Crippen molar-refractivity contribution in [2.75, 3.05) is 0 Å². The predicted molar refractivity (Wildman–Crippen MR) is 70.5 cm³/mol. The SMILES string of the molecule is O=C(NCc1nccc(Cl)n1)OCc1ccccc1. The van der Waals surface area contributed by atoms with Gasteiger partial charge in [-0.25, -0.2) is 14.8 Å². The van der Waals surface area contributed by atoms with Gasteiger partial charge in [-0.05, 0) is 11.6 Å². The van der Waals surface area contributed by atoms with Crippen molar-refractivity contribution in [1.29, 1.82) is 0 Å². The average molecular weight is 278 g/mol. The van der Waals surface area contributed by atoms with Crippen LogP contribution in [0.1, 0.15) is 11.4 Å². The van der Waals surface area contributed by atoms with E-state index in [0.29, 0.717) is 11.0 Å². The van der Waals surface area contributed by atoms with Gasteiger partial charge in [-0.2, -0.15) is 0 Å². The smallest absolute Gasteiger partial charge is 0.407 e. The Morgan fingerprint density at radius 2 is 2.05 bits per heavy atom. The first-order chi connectivity index (χ1) is 9.24. The minimum absolute atomic E-state index is 0.175. The van der Waals surface area contributed by atoms with Gasteiger partial charge in [0, 0.05) is 6.20 Å². The quantitative estimate of drug-likeness (QED) is 0.873. The third-order valence-electron chi connectivity index (χ3n) is 2.28. The largest absolute Gasteiger partial charge is 0.445 e. The minimum Gasteiger partial charge on any atom is -0.445 e. The van der Waals surface area contributed by atoms with Crippen LogP contribution in [0, 0.1) is 0 Å². The molecule has 19 heavy (non-hydrogen) atoms. The maximum absolute atomic E-state index is 11.5. The highest BCUT2D eigenvalue weighted by atomic mass is 35.5. The van der Waals surface area contributed by atoms with Crippen LogP contribution in [0.15, 0.2) is 42.6 Å². The second-order valence-corrected chi connectivity index (χ2v) is 4.10. The Kier molecular flexibility index (Phi) is 4.69. The van der Waals surface area contributed by atoms with E-state index in [1.54, 1.807) is 6.07 Å². The highest BCUT2D eigenvalue weighted by molar-refractivity contribution is 6.29. The molecule has 1 aromatic carbocycles. The Balaban J connectivity index is 1.76. The van der Waals surface area contributed by atoms with E-state index in [1.165, 1.54) is 6.20 Å². The van der Waals surface area contributed by atoms with Crippen molar-refractivity contribution in [3.63, 3.8) is 0 Å². The van der Waals surface area contributed by atoms with Gasteiger partial charge >= 0.3 is 6.09 Å². The minimum atomic E-state index is -0.521. The van der Waals surface area contributed by atoms with Crippen LogP contribution in [0.5, 0.6) is 0 Å². The number of alkyl carbamates (subject to hydrolysis) is 1. The number of nitrogens with one attached hydrogen (secondary N) is 1. The third kappa shape index (κ3) is 4.56. The van der Waals surface area contributed by atoms with Crippen molar-refractivity contribution < 1.29 is 9.53 Å². The van der Waals surface area contributed by atoms with Gasteiger partial charge in [0.05, 0.1) is 6.54 Å². The van der Waals surface area contributed by atoms with Crippen LogP contribution in [0.3, 0.4) is 0 Å². The standard InChI is InChI=1S/C13H12ClN3O2/c14-11-6-7-15-12(17-11)8-16-13(18)19-9-10-4-2-1-3-5-10/h1-7H,8-9H2,(H,16,18). The van der Waals surface area contributed by atoms with Gasteiger partial charge in [0.1, 0.15) is 17.6 Å². The number of carbonyl (C=O) groups is 1. The maximum Gasteiger partial charge on any atom is 0.407 e. The number of halogens is 1. The molecule has 6 heteroatoms. The van der Waals surface area contributed by atoms with E-state index in [4.69, 9.17) is 16.3 Å². The van der Waals surface area contributed by atoms with Crippen molar-refractivity contribution in [3.05, 3.63) is 59.1 Å². The lowest BCUT2D eigenvalue weighted by Crippen LogP contribution is -2.24. The van der Waals surface area contributed by atoms with Crippen molar-refractivity contribution in [2.45, 2.75) is 13.2 Å².